The second-order valence-corrected chi connectivity index (χ2v) is 0. The molecule has 0 aliphatic rings. The summed E-state index contributed by atoms with van der Waals surface area (Å²) in [6.07, 6.45) is 0. The van der Waals surface area contributed by atoms with Crippen molar-refractivity contribution >= 4 is 0 Å². The Morgan fingerprint density at radius 1 is 0.100 bits per heavy atom. The molecule has 0 amide bonds. The van der Waals surface area contributed by atoms with Gasteiger partial charge in [0.25, 0.3) is 0 Å². The summed E-state index contributed by atoms with van der Waals surface area (Å²) in [4.78, 5) is 0. The molecular formula is C30H120. The number of rotatable bonds is 0. The quantitative estimate of drug-likeness (QED) is 0.314. The lowest BCUT2D eigenvalue weighted by molar-refractivity contribution is 2.50. The minimum absolute atomic E-state index is 0. The molecule has 0 rings (SSSR count). The molecule has 0 fully saturated rings. The summed E-state index contributed by atoms with van der Waals surface area (Å²) in [7, 11) is 8.75. The van der Waals surface area contributed by atoms with E-state index in [-0.39, 0.29) is 171 Å². The van der Waals surface area contributed by atoms with Crippen molar-refractivity contribution in [2.24, 2.45) is 0 Å². The van der Waals surface area contributed by atoms with Crippen LogP contribution in [0.4, 0.5) is 0 Å². The highest BCUT2D eigenvalue weighted by Crippen LogP contribution is 0.173. The highest BCUT2D eigenvalue weighted by molar-refractivity contribution is 2.53. The fourth-order valence-electron chi connectivity index (χ4n) is 0. The third kappa shape index (κ3) is 0. The van der Waals surface area contributed by atoms with Crippen molar-refractivity contribution in [2.45, 2.75) is 223 Å². The van der Waals surface area contributed by atoms with Gasteiger partial charge < -0.3 is 0 Å². The fourth-order valence-corrected chi connectivity index (χ4v) is 0. The average Bonchev–Trinajstić information content (AvgIpc) is 2.45. The maximum Gasteiger partial charge on any atom is 0.0194 e. The van der Waals surface area contributed by atoms with Gasteiger partial charge in [0.15, 0.2) is 0 Å². The van der Waals surface area contributed by atoms with E-state index in [0.717, 1.165) is 0 Å². The van der Waals surface area contributed by atoms with Gasteiger partial charge >= 0.3 is 0 Å². The first-order chi connectivity index (χ1) is 7.00. The molecule has 0 atom stereocenters. The molecular weight excluding hydrogens is 360 g/mol. The van der Waals surface area contributed by atoms with Gasteiger partial charge in [0.05, 0.1) is 0 Å². The lowest BCUT2D eigenvalue weighted by Crippen LogP contribution is 0.143. The van der Waals surface area contributed by atoms with E-state index >= 15 is 0 Å². The molecule has 0 unspecified atom stereocenters. The van der Waals surface area contributed by atoms with Crippen LogP contribution in [0.3, 0.4) is 0 Å². The summed E-state index contributed by atoms with van der Waals surface area (Å²) in [6.45, 7) is 0. The predicted molar refractivity (Wildman–Crippen MR) is 202 cm³/mol. The Morgan fingerprint density at radius 2 is 0.100 bits per heavy atom. The Hall–Kier alpha value is 0. The molecule has 30 heavy (non-hydrogen) atoms. The summed E-state index contributed by atoms with van der Waals surface area (Å²) in [6, 6.07) is 0. The van der Waals surface area contributed by atoms with Gasteiger partial charge in [-0.05, 0) is 0 Å². The summed E-state index contributed by atoms with van der Waals surface area (Å²) < 4.78 is 40.2. The van der Waals surface area contributed by atoms with Crippen LogP contribution < -0.4 is 0 Å². The van der Waals surface area contributed by atoms with Gasteiger partial charge in [0.1, 0.15) is 0 Å². The first-order valence-corrected chi connectivity index (χ1v) is 0. The van der Waals surface area contributed by atoms with Crippen molar-refractivity contribution in [1.29, 1.82) is 0 Å². The van der Waals surface area contributed by atoms with Crippen LogP contribution >= 0.6 is 0 Å². The van der Waals surface area contributed by atoms with Crippen LogP contribution in [0.25, 0.3) is 0 Å². The van der Waals surface area contributed by atoms with Crippen LogP contribution in [-0.2, 0) is 0 Å². The number of hydrogen-bond donors (Lipinski definition) is 0. The van der Waals surface area contributed by atoms with Gasteiger partial charge in [-0.15, -0.1) is 0 Å². The number of hydrogen-bond acceptors (Lipinski definition) is 0. The van der Waals surface area contributed by atoms with Gasteiger partial charge in [-0.2, -0.15) is 0 Å². The summed E-state index contributed by atoms with van der Waals surface area (Å²) in [5.74, 6) is 0. The smallest absolute Gasteiger partial charge is 0.0194 e. The SMILES string of the molecule is C.C.C.C.C.C.C.C.C.C.C.C.C.C.C.C.C.C.C.C.C.C.C.[3H]C.[3H]C.[3H]C.[3H]C.[3H]C.[3H]C.[3H]C. The third-order valence-corrected chi connectivity index (χ3v) is 0. The zero-order valence-corrected chi connectivity index (χ0v) is 7.00. The molecule has 0 bridgehead atoms. The van der Waals surface area contributed by atoms with Crippen molar-refractivity contribution in [3.8, 4) is 0 Å². The lowest BCUT2D eigenvalue weighted by atomic mass is 12.0. The van der Waals surface area contributed by atoms with E-state index in [1.807, 2.05) is 0 Å². The third-order valence-electron chi connectivity index (χ3n) is 0. The van der Waals surface area contributed by atoms with Crippen LogP contribution in [0.15, 0.2) is 0 Å². The first kappa shape index (κ1) is 515. The van der Waals surface area contributed by atoms with Gasteiger partial charge in [0.2, 0.25) is 0 Å². The monoisotopic (exact) mass is 495 g/mol. The summed E-state index contributed by atoms with van der Waals surface area (Å²) in [5.41, 5.74) is 0. The molecule has 0 aliphatic heterocycles. The molecule has 0 saturated carbocycles. The average molecular weight is 495 g/mol. The fraction of sp³-hybridized carbons (Fsp3) is 1.00. The molecule has 0 aromatic carbocycles. The lowest BCUT2D eigenvalue weighted by Gasteiger charge is -0.0786. The van der Waals surface area contributed by atoms with Gasteiger partial charge in [0, 0.05) is 9.60 Å². The molecule has 0 aromatic rings. The van der Waals surface area contributed by atoms with E-state index in [1.54, 1.807) is 0 Å². The van der Waals surface area contributed by atoms with Crippen LogP contribution in [0, 0.1) is 0 Å². The second kappa shape index (κ2) is 0. The molecule has 0 aromatic heterocycles. The summed E-state index contributed by atoms with van der Waals surface area (Å²) in [5, 5.41) is 0. The zero-order chi connectivity index (χ0) is 14.0. The largest absolute Gasteiger partial charge is 0.0776 e. The molecule has 0 saturated heterocycles. The molecule has 240 valence electrons. The molecule has 0 radical (unpaired) electrons. The Balaban J connectivity index is -0.000000000500. The molecule has 0 aliphatic carbocycles. The molecule has 0 spiro atoms. The highest BCUT2D eigenvalue weighted by Gasteiger charge is -0.0486. The van der Waals surface area contributed by atoms with Crippen LogP contribution in [0.5, 0.6) is 0 Å². The Kier molecular flexibility index (Phi) is 0. The van der Waals surface area contributed by atoms with Crippen molar-refractivity contribution in [1.82, 2.24) is 0 Å². The first-order valence-electron chi connectivity index (χ1n) is 7.00. The molecule has 0 heteroatoms. The predicted octanol–water partition coefficient (Wildman–Crippen LogP) is 19.1. The van der Waals surface area contributed by atoms with E-state index in [4.69, 9.17) is 9.60 Å². The van der Waals surface area contributed by atoms with Gasteiger partial charge in [-0.25, -0.2) is 0 Å². The van der Waals surface area contributed by atoms with Crippen LogP contribution in [0.2, 0.25) is 0 Å². The van der Waals surface area contributed by atoms with E-state index in [2.05, 4.69) is 0 Å². The topological polar surface area (TPSA) is 0 Å². The minimum Gasteiger partial charge on any atom is -0.0776 e. The zero-order valence-electron chi connectivity index (χ0n) is 14.0. The van der Waals surface area contributed by atoms with E-state index in [0.29, 0.717) is 0 Å². The maximum absolute atomic E-state index is 5.75. The molecule has 0 heterocycles. The minimum atomic E-state index is 0. The van der Waals surface area contributed by atoms with Crippen LogP contribution in [0.1, 0.15) is 232 Å². The van der Waals surface area contributed by atoms with Crippen LogP contribution in [-0.4, -0.2) is 0 Å². The standard InChI is InChI=1S/30CH4/h30*1H4/i7*1T;;;;;;;;;;;;;;;;;;;;;;;. The van der Waals surface area contributed by atoms with Gasteiger partial charge in [-0.1, -0.05) is 223 Å². The van der Waals surface area contributed by atoms with Crippen molar-refractivity contribution < 1.29 is 9.60 Å². The normalized spacial score (nSPS) is 1.63. The molecule has 0 N–H and O–H groups in total. The van der Waals surface area contributed by atoms with Crippen molar-refractivity contribution in [3.05, 3.63) is 0 Å². The van der Waals surface area contributed by atoms with E-state index in [1.165, 1.54) is 51.8 Å². The second-order valence-electron chi connectivity index (χ2n) is 0. The van der Waals surface area contributed by atoms with E-state index < -0.39 is 0 Å². The summed E-state index contributed by atoms with van der Waals surface area (Å²) >= 11 is 0. The van der Waals surface area contributed by atoms with Gasteiger partial charge in [-0.3, -0.25) is 0 Å². The highest BCUT2D eigenvalue weighted by atomic mass is 12.0. The maximum atomic E-state index is 5.75. The Bertz CT molecular complexity index is 25.9. The Morgan fingerprint density at radius 3 is 0.100 bits per heavy atom. The molecule has 0 nitrogen and oxygen atoms in total. The van der Waals surface area contributed by atoms with E-state index in [9.17, 15) is 0 Å². The van der Waals surface area contributed by atoms with Crippen molar-refractivity contribution in [2.75, 3.05) is 0 Å². The Labute approximate surface area is 232 Å². The van der Waals surface area contributed by atoms with Crippen molar-refractivity contribution in [3.63, 3.8) is 0 Å².